The molecule has 0 bridgehead atoms. The number of rotatable bonds is 8. The van der Waals surface area contributed by atoms with Crippen LogP contribution in [0.3, 0.4) is 0 Å². The van der Waals surface area contributed by atoms with Crippen molar-refractivity contribution < 1.29 is 19.0 Å². The number of halogens is 1. The molecule has 1 rings (SSSR count). The highest BCUT2D eigenvalue weighted by molar-refractivity contribution is 5.74. The fourth-order valence-corrected chi connectivity index (χ4v) is 1.92. The average molecular weight is 312 g/mol. The largest absolute Gasteiger partial charge is 0.489 e. The van der Waals surface area contributed by atoms with Crippen molar-refractivity contribution in [3.05, 3.63) is 30.1 Å². The maximum Gasteiger partial charge on any atom is 0.315 e. The van der Waals surface area contributed by atoms with E-state index < -0.39 is 5.54 Å². The Hall–Kier alpha value is -1.82. The van der Waals surface area contributed by atoms with E-state index in [0.717, 1.165) is 6.42 Å². The standard InChI is InChI=1S/C16H25FN2O3/c1-4-16(3,9-10-20)19-15(21)18-11-12(2)22-14-7-5-13(17)6-8-14/h5-8,12,20H,4,9-11H2,1-3H3,(H2,18,19,21). The highest BCUT2D eigenvalue weighted by atomic mass is 19.1. The van der Waals surface area contributed by atoms with Crippen LogP contribution < -0.4 is 15.4 Å². The molecule has 22 heavy (non-hydrogen) atoms. The van der Waals surface area contributed by atoms with Crippen molar-refractivity contribution in [1.29, 1.82) is 0 Å². The predicted molar refractivity (Wildman–Crippen MR) is 83.4 cm³/mol. The number of hydrogen-bond donors (Lipinski definition) is 3. The minimum absolute atomic E-state index is 0.0225. The lowest BCUT2D eigenvalue weighted by atomic mass is 9.95. The van der Waals surface area contributed by atoms with Crippen molar-refractivity contribution >= 4 is 6.03 Å². The van der Waals surface area contributed by atoms with Crippen molar-refractivity contribution in [2.24, 2.45) is 0 Å². The normalized spacial score (nSPS) is 14.8. The Kier molecular flexibility index (Phi) is 7.11. The molecule has 5 nitrogen and oxygen atoms in total. The predicted octanol–water partition coefficient (Wildman–Crippen LogP) is 2.44. The third-order valence-corrected chi connectivity index (χ3v) is 3.56. The van der Waals surface area contributed by atoms with Crippen LogP contribution in [-0.2, 0) is 0 Å². The molecule has 3 N–H and O–H groups in total. The number of aliphatic hydroxyl groups is 1. The van der Waals surface area contributed by atoms with Gasteiger partial charge in [0, 0.05) is 12.1 Å². The van der Waals surface area contributed by atoms with Crippen molar-refractivity contribution in [1.82, 2.24) is 10.6 Å². The Morgan fingerprint density at radius 3 is 2.59 bits per heavy atom. The molecular formula is C16H25FN2O3. The summed E-state index contributed by atoms with van der Waals surface area (Å²) in [6, 6.07) is 5.43. The molecule has 2 amide bonds. The third kappa shape index (κ3) is 6.30. The van der Waals surface area contributed by atoms with Crippen LogP contribution in [0.1, 0.15) is 33.6 Å². The van der Waals surface area contributed by atoms with Gasteiger partial charge in [0.1, 0.15) is 17.7 Å². The number of carbonyl (C=O) groups excluding carboxylic acids is 1. The third-order valence-electron chi connectivity index (χ3n) is 3.56. The molecule has 2 unspecified atom stereocenters. The topological polar surface area (TPSA) is 70.6 Å². The van der Waals surface area contributed by atoms with Gasteiger partial charge in [-0.05, 0) is 51.0 Å². The maximum atomic E-state index is 12.8. The number of ether oxygens (including phenoxy) is 1. The summed E-state index contributed by atoms with van der Waals surface area (Å²) in [6.45, 7) is 6.00. The first-order valence-corrected chi connectivity index (χ1v) is 7.47. The van der Waals surface area contributed by atoms with Crippen LogP contribution in [-0.4, -0.2) is 35.9 Å². The van der Waals surface area contributed by atoms with Crippen molar-refractivity contribution in [3.63, 3.8) is 0 Å². The second-order valence-corrected chi connectivity index (χ2v) is 5.61. The van der Waals surface area contributed by atoms with Gasteiger partial charge >= 0.3 is 6.03 Å². The Balaban J connectivity index is 2.38. The number of urea groups is 1. The van der Waals surface area contributed by atoms with Gasteiger partial charge < -0.3 is 20.5 Å². The quantitative estimate of drug-likeness (QED) is 0.690. The molecule has 0 aromatic heterocycles. The number of carbonyl (C=O) groups is 1. The summed E-state index contributed by atoms with van der Waals surface area (Å²) in [7, 11) is 0. The number of amides is 2. The zero-order chi connectivity index (χ0) is 16.6. The van der Waals surface area contributed by atoms with Crippen LogP contribution in [0.5, 0.6) is 5.75 Å². The second kappa shape index (κ2) is 8.58. The van der Waals surface area contributed by atoms with Gasteiger partial charge in [-0.25, -0.2) is 9.18 Å². The van der Waals surface area contributed by atoms with Crippen molar-refractivity contribution in [2.45, 2.75) is 45.3 Å². The van der Waals surface area contributed by atoms with Gasteiger partial charge in [0.05, 0.1) is 6.54 Å². The van der Waals surface area contributed by atoms with Crippen molar-refractivity contribution in [3.8, 4) is 5.75 Å². The minimum atomic E-state index is -0.431. The van der Waals surface area contributed by atoms with E-state index in [4.69, 9.17) is 9.84 Å². The Labute approximate surface area is 130 Å². The molecule has 6 heteroatoms. The molecule has 0 heterocycles. The van der Waals surface area contributed by atoms with Crippen LogP contribution in [0, 0.1) is 5.82 Å². The fourth-order valence-electron chi connectivity index (χ4n) is 1.92. The van der Waals surface area contributed by atoms with E-state index in [1.165, 1.54) is 12.1 Å². The van der Waals surface area contributed by atoms with Crippen LogP contribution in [0.4, 0.5) is 9.18 Å². The molecule has 0 aliphatic carbocycles. The molecular weight excluding hydrogens is 287 g/mol. The van der Waals surface area contributed by atoms with E-state index in [1.54, 1.807) is 12.1 Å². The maximum absolute atomic E-state index is 12.8. The zero-order valence-electron chi connectivity index (χ0n) is 13.4. The zero-order valence-corrected chi connectivity index (χ0v) is 13.4. The van der Waals surface area contributed by atoms with Gasteiger partial charge in [0.15, 0.2) is 0 Å². The van der Waals surface area contributed by atoms with Gasteiger partial charge in [0.2, 0.25) is 0 Å². The van der Waals surface area contributed by atoms with E-state index in [1.807, 2.05) is 20.8 Å². The summed E-state index contributed by atoms with van der Waals surface area (Å²) in [5, 5.41) is 14.6. The van der Waals surface area contributed by atoms with Crippen LogP contribution in [0.15, 0.2) is 24.3 Å². The Bertz CT molecular complexity index is 467. The average Bonchev–Trinajstić information content (AvgIpc) is 2.48. The SMILES string of the molecule is CCC(C)(CCO)NC(=O)NCC(C)Oc1ccc(F)cc1. The summed E-state index contributed by atoms with van der Waals surface area (Å²) >= 11 is 0. The molecule has 0 saturated carbocycles. The Morgan fingerprint density at radius 2 is 2.05 bits per heavy atom. The molecule has 0 aliphatic rings. The summed E-state index contributed by atoms with van der Waals surface area (Å²) < 4.78 is 18.4. The molecule has 124 valence electrons. The van der Waals surface area contributed by atoms with Crippen LogP contribution in [0.25, 0.3) is 0 Å². The van der Waals surface area contributed by atoms with E-state index in [-0.39, 0.29) is 24.6 Å². The van der Waals surface area contributed by atoms with Gasteiger partial charge in [0.25, 0.3) is 0 Å². The van der Waals surface area contributed by atoms with Crippen LogP contribution >= 0.6 is 0 Å². The summed E-state index contributed by atoms with van der Waals surface area (Å²) in [4.78, 5) is 11.9. The van der Waals surface area contributed by atoms with Gasteiger partial charge in [-0.2, -0.15) is 0 Å². The second-order valence-electron chi connectivity index (χ2n) is 5.61. The minimum Gasteiger partial charge on any atom is -0.489 e. The monoisotopic (exact) mass is 312 g/mol. The summed E-state index contributed by atoms with van der Waals surface area (Å²) in [5.74, 6) is 0.232. The number of benzene rings is 1. The van der Waals surface area contributed by atoms with E-state index >= 15 is 0 Å². The molecule has 0 fully saturated rings. The lowest BCUT2D eigenvalue weighted by molar-refractivity contribution is 0.189. The highest BCUT2D eigenvalue weighted by Crippen LogP contribution is 2.14. The molecule has 0 radical (unpaired) electrons. The van der Waals surface area contributed by atoms with E-state index in [0.29, 0.717) is 18.7 Å². The van der Waals surface area contributed by atoms with E-state index in [9.17, 15) is 9.18 Å². The number of nitrogens with one attached hydrogen (secondary N) is 2. The molecule has 0 aliphatic heterocycles. The first kappa shape index (κ1) is 18.2. The summed E-state index contributed by atoms with van der Waals surface area (Å²) in [6.07, 6.45) is 0.975. The lowest BCUT2D eigenvalue weighted by Crippen LogP contribution is -2.51. The fraction of sp³-hybridized carbons (Fsp3) is 0.562. The lowest BCUT2D eigenvalue weighted by Gasteiger charge is -2.29. The van der Waals surface area contributed by atoms with Gasteiger partial charge in [-0.1, -0.05) is 6.92 Å². The molecule has 0 saturated heterocycles. The van der Waals surface area contributed by atoms with Gasteiger partial charge in [-0.3, -0.25) is 0 Å². The first-order valence-electron chi connectivity index (χ1n) is 7.47. The molecule has 1 aromatic carbocycles. The van der Waals surface area contributed by atoms with Gasteiger partial charge in [-0.15, -0.1) is 0 Å². The van der Waals surface area contributed by atoms with E-state index in [2.05, 4.69) is 10.6 Å². The number of hydrogen-bond acceptors (Lipinski definition) is 3. The van der Waals surface area contributed by atoms with Crippen LogP contribution in [0.2, 0.25) is 0 Å². The highest BCUT2D eigenvalue weighted by Gasteiger charge is 2.23. The van der Waals surface area contributed by atoms with Crippen molar-refractivity contribution in [2.75, 3.05) is 13.2 Å². The first-order chi connectivity index (χ1) is 10.4. The Morgan fingerprint density at radius 1 is 1.41 bits per heavy atom. The summed E-state index contributed by atoms with van der Waals surface area (Å²) in [5.41, 5.74) is -0.431. The number of aliphatic hydroxyl groups excluding tert-OH is 1. The molecule has 0 spiro atoms. The smallest absolute Gasteiger partial charge is 0.315 e. The molecule has 2 atom stereocenters. The molecule has 1 aromatic rings.